The Bertz CT molecular complexity index is 1130. The van der Waals surface area contributed by atoms with Crippen molar-refractivity contribution in [1.82, 2.24) is 14.8 Å². The number of hydrogen-bond donors (Lipinski definition) is 1. The number of anilines is 1. The average Bonchev–Trinajstić information content (AvgIpc) is 2.89. The Kier molecular flexibility index (Phi) is 8.33. The Morgan fingerprint density at radius 1 is 1.00 bits per heavy atom. The van der Waals surface area contributed by atoms with Crippen molar-refractivity contribution in [3.8, 4) is 5.75 Å². The molecule has 4 rings (SSSR count). The minimum Gasteiger partial charge on any atom is -0.495 e. The number of methoxy groups -OCH3 is 1. The molecule has 1 aliphatic heterocycles. The molecule has 0 radical (unpaired) electrons. The van der Waals surface area contributed by atoms with Crippen LogP contribution in [0.15, 0.2) is 41.5 Å². The van der Waals surface area contributed by atoms with Gasteiger partial charge >= 0.3 is 0 Å². The summed E-state index contributed by atoms with van der Waals surface area (Å²) >= 11 is 0. The van der Waals surface area contributed by atoms with Crippen LogP contribution in [-0.2, 0) is 6.54 Å². The zero-order chi connectivity index (χ0) is 25.7. The first-order chi connectivity index (χ1) is 17.4. The van der Waals surface area contributed by atoms with Crippen molar-refractivity contribution in [1.29, 1.82) is 0 Å². The van der Waals surface area contributed by atoms with Crippen molar-refractivity contribution < 1.29 is 14.3 Å². The predicted octanol–water partition coefficient (Wildman–Crippen LogP) is 3.54. The Morgan fingerprint density at radius 2 is 1.67 bits per heavy atom. The van der Waals surface area contributed by atoms with Gasteiger partial charge in [0, 0.05) is 51.2 Å². The van der Waals surface area contributed by atoms with Gasteiger partial charge in [0.05, 0.1) is 12.8 Å². The van der Waals surface area contributed by atoms with Crippen LogP contribution in [0.3, 0.4) is 0 Å². The Morgan fingerprint density at radius 3 is 2.33 bits per heavy atom. The molecule has 1 aromatic heterocycles. The summed E-state index contributed by atoms with van der Waals surface area (Å²) in [5.41, 5.74) is 0.616. The van der Waals surface area contributed by atoms with E-state index < -0.39 is 11.3 Å². The molecule has 2 aromatic rings. The van der Waals surface area contributed by atoms with Gasteiger partial charge in [-0.25, -0.2) is 0 Å². The van der Waals surface area contributed by atoms with E-state index in [0.717, 1.165) is 24.3 Å². The highest BCUT2D eigenvalue weighted by Crippen LogP contribution is 2.29. The van der Waals surface area contributed by atoms with Gasteiger partial charge in [-0.3, -0.25) is 14.4 Å². The van der Waals surface area contributed by atoms with Crippen LogP contribution in [0, 0.1) is 5.92 Å². The van der Waals surface area contributed by atoms with Gasteiger partial charge < -0.3 is 24.4 Å². The number of nitrogens with one attached hydrogen (secondary N) is 1. The molecule has 1 N–H and O–H groups in total. The maximum absolute atomic E-state index is 13.6. The van der Waals surface area contributed by atoms with E-state index in [1.54, 1.807) is 24.4 Å². The minimum absolute atomic E-state index is 0.0398. The van der Waals surface area contributed by atoms with Gasteiger partial charge in [0.2, 0.25) is 5.43 Å². The molecule has 8 heteroatoms. The summed E-state index contributed by atoms with van der Waals surface area (Å²) in [7, 11) is 1.65. The van der Waals surface area contributed by atoms with Crippen molar-refractivity contribution >= 4 is 17.5 Å². The first-order valence-electron chi connectivity index (χ1n) is 13.1. The molecule has 1 saturated carbocycles. The van der Waals surface area contributed by atoms with E-state index in [1.165, 1.54) is 19.3 Å². The lowest BCUT2D eigenvalue weighted by molar-refractivity contribution is 0.0744. The summed E-state index contributed by atoms with van der Waals surface area (Å²) in [6, 6.07) is 7.73. The van der Waals surface area contributed by atoms with E-state index in [9.17, 15) is 14.4 Å². The highest BCUT2D eigenvalue weighted by atomic mass is 16.5. The highest BCUT2D eigenvalue weighted by molar-refractivity contribution is 5.99. The van der Waals surface area contributed by atoms with Gasteiger partial charge in [-0.15, -0.1) is 0 Å². The maximum atomic E-state index is 13.6. The van der Waals surface area contributed by atoms with Crippen molar-refractivity contribution in [2.45, 2.75) is 58.5 Å². The molecule has 1 saturated heterocycles. The van der Waals surface area contributed by atoms with E-state index in [-0.39, 0.29) is 23.1 Å². The average molecular weight is 495 g/mol. The van der Waals surface area contributed by atoms with Gasteiger partial charge in [0.1, 0.15) is 16.9 Å². The van der Waals surface area contributed by atoms with E-state index >= 15 is 0 Å². The first-order valence-corrected chi connectivity index (χ1v) is 13.1. The summed E-state index contributed by atoms with van der Waals surface area (Å²) in [5, 5.41) is 2.82. The van der Waals surface area contributed by atoms with Crippen LogP contribution in [-0.4, -0.2) is 60.6 Å². The third-order valence-electron chi connectivity index (χ3n) is 7.16. The Balaban J connectivity index is 1.56. The van der Waals surface area contributed by atoms with Crippen LogP contribution >= 0.6 is 0 Å². The van der Waals surface area contributed by atoms with E-state index in [0.29, 0.717) is 38.6 Å². The minimum atomic E-state index is -0.495. The van der Waals surface area contributed by atoms with Crippen molar-refractivity contribution in [3.05, 3.63) is 58.0 Å². The van der Waals surface area contributed by atoms with Gasteiger partial charge in [0.15, 0.2) is 0 Å². The zero-order valence-electron chi connectivity index (χ0n) is 21.7. The number of para-hydroxylation sites is 2. The molecule has 0 spiro atoms. The molecule has 194 valence electrons. The van der Waals surface area contributed by atoms with Crippen LogP contribution in [0.2, 0.25) is 0 Å². The normalized spacial score (nSPS) is 16.8. The first kappa shape index (κ1) is 25.8. The maximum Gasteiger partial charge on any atom is 0.259 e. The molecule has 0 atom stereocenters. The van der Waals surface area contributed by atoms with E-state index in [2.05, 4.69) is 10.2 Å². The third-order valence-corrected chi connectivity index (χ3v) is 7.16. The lowest BCUT2D eigenvalue weighted by atomic mass is 9.89. The van der Waals surface area contributed by atoms with Gasteiger partial charge in [-0.1, -0.05) is 31.4 Å². The number of carbonyl (C=O) groups is 2. The molecule has 2 heterocycles. The van der Waals surface area contributed by atoms with Crippen molar-refractivity contribution in [3.63, 3.8) is 0 Å². The standard InChI is InChI=1S/C28H38N4O4/c1-20(2)29-27(34)22-18-30(17-21-9-5-4-6-10-21)19-23(26(22)33)28(35)32-15-13-31(14-16-32)24-11-7-8-12-25(24)36-3/h7-8,11-12,18-21H,4-6,9-10,13-17H2,1-3H3,(H,29,34). The summed E-state index contributed by atoms with van der Waals surface area (Å²) < 4.78 is 7.39. The molecule has 36 heavy (non-hydrogen) atoms. The third kappa shape index (κ3) is 5.91. The van der Waals surface area contributed by atoms with Crippen LogP contribution in [0.5, 0.6) is 5.75 Å². The molecule has 0 unspecified atom stereocenters. The largest absolute Gasteiger partial charge is 0.495 e. The second-order valence-corrected chi connectivity index (χ2v) is 10.2. The fourth-order valence-corrected chi connectivity index (χ4v) is 5.27. The van der Waals surface area contributed by atoms with Crippen LogP contribution in [0.25, 0.3) is 0 Å². The molecular weight excluding hydrogens is 456 g/mol. The number of aromatic nitrogens is 1. The molecule has 2 fully saturated rings. The summed E-state index contributed by atoms with van der Waals surface area (Å²) in [6.45, 7) is 6.67. The number of amides is 2. The summed E-state index contributed by atoms with van der Waals surface area (Å²) in [6.07, 6.45) is 9.22. The van der Waals surface area contributed by atoms with Gasteiger partial charge in [-0.05, 0) is 44.7 Å². The smallest absolute Gasteiger partial charge is 0.259 e. The molecule has 2 aliphatic rings. The molecule has 0 bridgehead atoms. The van der Waals surface area contributed by atoms with Crippen LogP contribution < -0.4 is 20.4 Å². The summed E-state index contributed by atoms with van der Waals surface area (Å²) in [5.74, 6) is 0.556. The Hall–Kier alpha value is -3.29. The highest BCUT2D eigenvalue weighted by Gasteiger charge is 2.28. The fourth-order valence-electron chi connectivity index (χ4n) is 5.27. The lowest BCUT2D eigenvalue weighted by Gasteiger charge is -2.36. The van der Waals surface area contributed by atoms with Crippen molar-refractivity contribution in [2.75, 3.05) is 38.2 Å². The number of benzene rings is 1. The topological polar surface area (TPSA) is 83.9 Å². The second kappa shape index (κ2) is 11.6. The molecule has 2 amide bonds. The zero-order valence-corrected chi connectivity index (χ0v) is 21.7. The number of pyridine rings is 1. The molecular formula is C28H38N4O4. The number of carbonyl (C=O) groups excluding carboxylic acids is 2. The monoisotopic (exact) mass is 494 g/mol. The molecule has 1 aliphatic carbocycles. The van der Waals surface area contributed by atoms with E-state index in [4.69, 9.17) is 4.74 Å². The second-order valence-electron chi connectivity index (χ2n) is 10.2. The predicted molar refractivity (Wildman–Crippen MR) is 141 cm³/mol. The Labute approximate surface area is 213 Å². The van der Waals surface area contributed by atoms with Crippen LogP contribution in [0.4, 0.5) is 5.69 Å². The number of rotatable bonds is 7. The number of piperazine rings is 1. The van der Waals surface area contributed by atoms with Crippen molar-refractivity contribution in [2.24, 2.45) is 5.92 Å². The number of nitrogens with zero attached hydrogens (tertiary/aromatic N) is 3. The van der Waals surface area contributed by atoms with Crippen LogP contribution in [0.1, 0.15) is 66.7 Å². The molecule has 1 aromatic carbocycles. The fraction of sp³-hybridized carbons (Fsp3) is 0.536. The quantitative estimate of drug-likeness (QED) is 0.637. The number of ether oxygens (including phenoxy) is 1. The van der Waals surface area contributed by atoms with Gasteiger partial charge in [-0.2, -0.15) is 0 Å². The van der Waals surface area contributed by atoms with E-state index in [1.807, 2.05) is 42.7 Å². The number of hydrogen-bond acceptors (Lipinski definition) is 5. The summed E-state index contributed by atoms with van der Waals surface area (Å²) in [4.78, 5) is 43.7. The molecule has 8 nitrogen and oxygen atoms in total. The van der Waals surface area contributed by atoms with Gasteiger partial charge in [0.25, 0.3) is 11.8 Å². The SMILES string of the molecule is COc1ccccc1N1CCN(C(=O)c2cn(CC3CCCCC3)cc(C(=O)NC(C)C)c2=O)CC1. The lowest BCUT2D eigenvalue weighted by Crippen LogP contribution is -2.50.